The molecule has 108 valence electrons. The zero-order chi connectivity index (χ0) is 15.2. The Morgan fingerprint density at radius 3 is 1.82 bits per heavy atom. The summed E-state index contributed by atoms with van der Waals surface area (Å²) in [6, 6.07) is 26.7. The average Bonchev–Trinajstić information content (AvgIpc) is 2.58. The lowest BCUT2D eigenvalue weighted by atomic mass is 9.92. The Morgan fingerprint density at radius 2 is 1.23 bits per heavy atom. The van der Waals surface area contributed by atoms with Gasteiger partial charge in [-0.25, -0.2) is 0 Å². The maximum atomic E-state index is 11.4. The van der Waals surface area contributed by atoms with Crippen molar-refractivity contribution in [2.45, 2.75) is 12.8 Å². The molecule has 1 nitrogen and oxygen atoms in total. The van der Waals surface area contributed by atoms with Crippen LogP contribution in [0.3, 0.4) is 0 Å². The first-order valence-corrected chi connectivity index (χ1v) is 7.50. The summed E-state index contributed by atoms with van der Waals surface area (Å²) in [6.07, 6.45) is 2.61. The molecule has 0 aliphatic rings. The second-order valence-electron chi connectivity index (χ2n) is 5.43. The van der Waals surface area contributed by atoms with E-state index in [1.165, 1.54) is 16.7 Å². The summed E-state index contributed by atoms with van der Waals surface area (Å²) in [5.74, 6) is 0. The summed E-state index contributed by atoms with van der Waals surface area (Å²) in [6.45, 7) is 0. The minimum absolute atomic E-state index is 0.789. The van der Waals surface area contributed by atoms with Crippen molar-refractivity contribution < 1.29 is 4.79 Å². The van der Waals surface area contributed by atoms with Crippen LogP contribution in [0.5, 0.6) is 0 Å². The van der Waals surface area contributed by atoms with Gasteiger partial charge in [-0.2, -0.15) is 0 Å². The third-order valence-corrected chi connectivity index (χ3v) is 3.90. The fraction of sp³-hybridized carbons (Fsp3) is 0.0952. The van der Waals surface area contributed by atoms with E-state index in [0.717, 1.165) is 30.3 Å². The highest BCUT2D eigenvalue weighted by molar-refractivity contribution is 5.78. The highest BCUT2D eigenvalue weighted by atomic mass is 16.1. The minimum Gasteiger partial charge on any atom is -0.298 e. The SMILES string of the molecule is O=Cc1cccc(Cc2ccccc2)c1Cc1ccccc1. The van der Waals surface area contributed by atoms with Crippen LogP contribution in [-0.4, -0.2) is 6.29 Å². The predicted molar refractivity (Wildman–Crippen MR) is 90.3 cm³/mol. The molecule has 0 aromatic heterocycles. The largest absolute Gasteiger partial charge is 0.298 e. The van der Waals surface area contributed by atoms with Crippen LogP contribution >= 0.6 is 0 Å². The van der Waals surface area contributed by atoms with Gasteiger partial charge in [-0.1, -0.05) is 78.9 Å². The Balaban J connectivity index is 1.97. The van der Waals surface area contributed by atoms with E-state index in [9.17, 15) is 4.79 Å². The van der Waals surface area contributed by atoms with Gasteiger partial charge in [0.2, 0.25) is 0 Å². The van der Waals surface area contributed by atoms with Crippen LogP contribution in [0.15, 0.2) is 78.9 Å². The van der Waals surface area contributed by atoms with Gasteiger partial charge in [-0.05, 0) is 35.1 Å². The number of benzene rings is 3. The third-order valence-electron chi connectivity index (χ3n) is 3.90. The van der Waals surface area contributed by atoms with Crippen LogP contribution in [0.4, 0.5) is 0 Å². The minimum atomic E-state index is 0.789. The molecule has 0 amide bonds. The van der Waals surface area contributed by atoms with Crippen LogP contribution in [0.2, 0.25) is 0 Å². The molecule has 0 saturated heterocycles. The summed E-state index contributed by atoms with van der Waals surface area (Å²) < 4.78 is 0. The number of hydrogen-bond donors (Lipinski definition) is 0. The Hall–Kier alpha value is -2.67. The molecule has 1 heteroatoms. The van der Waals surface area contributed by atoms with Gasteiger partial charge >= 0.3 is 0 Å². The van der Waals surface area contributed by atoms with E-state index in [2.05, 4.69) is 42.5 Å². The maximum absolute atomic E-state index is 11.4. The van der Waals surface area contributed by atoms with Gasteiger partial charge in [0.15, 0.2) is 0 Å². The van der Waals surface area contributed by atoms with Gasteiger partial charge in [-0.15, -0.1) is 0 Å². The van der Waals surface area contributed by atoms with E-state index >= 15 is 0 Å². The Labute approximate surface area is 131 Å². The van der Waals surface area contributed by atoms with Crippen molar-refractivity contribution >= 4 is 6.29 Å². The van der Waals surface area contributed by atoms with Crippen LogP contribution < -0.4 is 0 Å². The van der Waals surface area contributed by atoms with Gasteiger partial charge in [0.25, 0.3) is 0 Å². The van der Waals surface area contributed by atoms with Crippen LogP contribution in [-0.2, 0) is 12.8 Å². The number of rotatable bonds is 5. The quantitative estimate of drug-likeness (QED) is 0.622. The van der Waals surface area contributed by atoms with E-state index in [1.54, 1.807) is 0 Å². The van der Waals surface area contributed by atoms with Gasteiger partial charge in [0.05, 0.1) is 0 Å². The molecule has 0 spiro atoms. The first-order chi connectivity index (χ1) is 10.9. The molecular weight excluding hydrogens is 268 g/mol. The monoisotopic (exact) mass is 286 g/mol. The zero-order valence-electron chi connectivity index (χ0n) is 12.4. The van der Waals surface area contributed by atoms with Crippen molar-refractivity contribution in [1.29, 1.82) is 0 Å². The van der Waals surface area contributed by atoms with E-state index < -0.39 is 0 Å². The van der Waals surface area contributed by atoms with Crippen LogP contribution in [0.25, 0.3) is 0 Å². The lowest BCUT2D eigenvalue weighted by Gasteiger charge is -2.12. The predicted octanol–water partition coefficient (Wildman–Crippen LogP) is 4.68. The Bertz CT molecular complexity index is 745. The number of carbonyl (C=O) groups excluding carboxylic acids is 1. The molecule has 0 bridgehead atoms. The fourth-order valence-corrected chi connectivity index (χ4v) is 2.76. The summed E-state index contributed by atoms with van der Waals surface area (Å²) in [7, 11) is 0. The highest BCUT2D eigenvalue weighted by Crippen LogP contribution is 2.21. The van der Waals surface area contributed by atoms with Crippen molar-refractivity contribution in [3.05, 3.63) is 107 Å². The highest BCUT2D eigenvalue weighted by Gasteiger charge is 2.09. The molecular formula is C21H18O. The molecule has 0 aliphatic carbocycles. The molecule has 0 aliphatic heterocycles. The second kappa shape index (κ2) is 6.86. The fourth-order valence-electron chi connectivity index (χ4n) is 2.76. The van der Waals surface area contributed by atoms with Crippen molar-refractivity contribution in [1.82, 2.24) is 0 Å². The van der Waals surface area contributed by atoms with Crippen molar-refractivity contribution in [2.75, 3.05) is 0 Å². The first kappa shape index (κ1) is 14.3. The van der Waals surface area contributed by atoms with Crippen LogP contribution in [0, 0.1) is 0 Å². The van der Waals surface area contributed by atoms with Gasteiger partial charge in [-0.3, -0.25) is 4.79 Å². The molecule has 3 rings (SSSR count). The van der Waals surface area contributed by atoms with E-state index in [4.69, 9.17) is 0 Å². The molecule has 0 saturated carbocycles. The van der Waals surface area contributed by atoms with Gasteiger partial charge in [0.1, 0.15) is 6.29 Å². The standard InChI is InChI=1S/C21H18O/c22-16-20-13-7-12-19(14-17-8-3-1-4-9-17)21(20)15-18-10-5-2-6-11-18/h1-13,16H,14-15H2. The molecule has 0 atom stereocenters. The average molecular weight is 286 g/mol. The molecule has 3 aromatic rings. The third kappa shape index (κ3) is 3.32. The van der Waals surface area contributed by atoms with Gasteiger partial charge in [0, 0.05) is 5.56 Å². The van der Waals surface area contributed by atoms with Crippen molar-refractivity contribution in [3.63, 3.8) is 0 Å². The summed E-state index contributed by atoms with van der Waals surface area (Å²) in [5.41, 5.74) is 5.63. The summed E-state index contributed by atoms with van der Waals surface area (Å²) in [5, 5.41) is 0. The normalized spacial score (nSPS) is 10.4. The lowest BCUT2D eigenvalue weighted by Crippen LogP contribution is -2.02. The Morgan fingerprint density at radius 1 is 0.636 bits per heavy atom. The zero-order valence-corrected chi connectivity index (χ0v) is 12.4. The summed E-state index contributed by atoms with van der Waals surface area (Å²) >= 11 is 0. The molecule has 0 N–H and O–H groups in total. The molecule has 0 unspecified atom stereocenters. The van der Waals surface area contributed by atoms with E-state index in [1.807, 2.05) is 36.4 Å². The maximum Gasteiger partial charge on any atom is 0.150 e. The Kier molecular flexibility index (Phi) is 4.45. The molecule has 22 heavy (non-hydrogen) atoms. The second-order valence-corrected chi connectivity index (χ2v) is 5.43. The van der Waals surface area contributed by atoms with E-state index in [-0.39, 0.29) is 0 Å². The van der Waals surface area contributed by atoms with E-state index in [0.29, 0.717) is 0 Å². The van der Waals surface area contributed by atoms with Crippen LogP contribution in [0.1, 0.15) is 32.6 Å². The number of carbonyl (C=O) groups is 1. The summed E-state index contributed by atoms with van der Waals surface area (Å²) in [4.78, 5) is 11.4. The number of hydrogen-bond acceptors (Lipinski definition) is 1. The smallest absolute Gasteiger partial charge is 0.150 e. The first-order valence-electron chi connectivity index (χ1n) is 7.50. The molecule has 3 aromatic carbocycles. The number of aldehydes is 1. The van der Waals surface area contributed by atoms with Crippen molar-refractivity contribution in [2.24, 2.45) is 0 Å². The molecule has 0 radical (unpaired) electrons. The lowest BCUT2D eigenvalue weighted by molar-refractivity contribution is 0.112. The molecule has 0 fully saturated rings. The van der Waals surface area contributed by atoms with Gasteiger partial charge < -0.3 is 0 Å². The topological polar surface area (TPSA) is 17.1 Å². The molecule has 0 heterocycles. The van der Waals surface area contributed by atoms with Crippen molar-refractivity contribution in [3.8, 4) is 0 Å².